The molecule has 116 valence electrons. The summed E-state index contributed by atoms with van der Waals surface area (Å²) in [6.45, 7) is 6.22. The molecule has 2 atom stereocenters. The van der Waals surface area contributed by atoms with Crippen molar-refractivity contribution in [2.45, 2.75) is 33.1 Å². The van der Waals surface area contributed by atoms with Gasteiger partial charge in [0.15, 0.2) is 0 Å². The number of aryl methyl sites for hydroxylation is 1. The van der Waals surface area contributed by atoms with Gasteiger partial charge in [0.05, 0.1) is 11.4 Å². The number of carbonyl (C=O) groups excluding carboxylic acids is 1. The first-order valence-corrected chi connectivity index (χ1v) is 8.33. The van der Waals surface area contributed by atoms with Crippen LogP contribution >= 0.6 is 15.9 Å². The number of hydrogen-bond donors (Lipinski definition) is 3. The van der Waals surface area contributed by atoms with E-state index in [4.69, 9.17) is 5.73 Å². The standard InChI is InChI=1S/C16H24BrN3O/c1-10(12-4-3-5-19-9-12)7-15(21)20-14-8-13(17)6-11(2)16(14)18/h6,8,10,12,19H,3-5,7,9,18H2,1-2H3,(H,20,21). The first-order chi connectivity index (χ1) is 9.97. The van der Waals surface area contributed by atoms with E-state index in [9.17, 15) is 4.79 Å². The van der Waals surface area contributed by atoms with Crippen molar-refractivity contribution in [3.63, 3.8) is 0 Å². The van der Waals surface area contributed by atoms with Gasteiger partial charge in [-0.25, -0.2) is 0 Å². The molecule has 0 spiro atoms. The summed E-state index contributed by atoms with van der Waals surface area (Å²) in [5, 5.41) is 6.35. The average molecular weight is 354 g/mol. The van der Waals surface area contributed by atoms with Crippen molar-refractivity contribution >= 4 is 33.2 Å². The minimum atomic E-state index is 0.0391. The summed E-state index contributed by atoms with van der Waals surface area (Å²) >= 11 is 3.44. The molecule has 1 aromatic carbocycles. The molecule has 1 amide bonds. The Morgan fingerprint density at radius 2 is 2.33 bits per heavy atom. The zero-order valence-corrected chi connectivity index (χ0v) is 14.3. The zero-order chi connectivity index (χ0) is 15.4. The molecule has 1 saturated heterocycles. The number of nitrogens with one attached hydrogen (secondary N) is 2. The fourth-order valence-corrected chi connectivity index (χ4v) is 3.45. The van der Waals surface area contributed by atoms with E-state index in [2.05, 4.69) is 33.5 Å². The normalized spacial score (nSPS) is 20.0. The molecule has 0 aliphatic carbocycles. The Hall–Kier alpha value is -1.07. The Morgan fingerprint density at radius 1 is 1.57 bits per heavy atom. The van der Waals surface area contributed by atoms with Crippen molar-refractivity contribution in [2.24, 2.45) is 11.8 Å². The predicted octanol–water partition coefficient (Wildman–Crippen LogP) is 3.30. The van der Waals surface area contributed by atoms with Gasteiger partial charge in [-0.3, -0.25) is 4.79 Å². The van der Waals surface area contributed by atoms with Crippen LogP contribution in [0.25, 0.3) is 0 Å². The van der Waals surface area contributed by atoms with Crippen LogP contribution in [0.2, 0.25) is 0 Å². The number of amides is 1. The third-order valence-electron chi connectivity index (χ3n) is 4.27. The molecule has 4 N–H and O–H groups in total. The number of anilines is 2. The average Bonchev–Trinajstić information content (AvgIpc) is 2.45. The molecule has 21 heavy (non-hydrogen) atoms. The lowest BCUT2D eigenvalue weighted by atomic mass is 9.85. The smallest absolute Gasteiger partial charge is 0.224 e. The third-order valence-corrected chi connectivity index (χ3v) is 4.73. The second kappa shape index (κ2) is 7.27. The van der Waals surface area contributed by atoms with Crippen molar-refractivity contribution in [1.29, 1.82) is 0 Å². The third kappa shape index (κ3) is 4.45. The summed E-state index contributed by atoms with van der Waals surface area (Å²) in [4.78, 5) is 12.2. The number of piperidine rings is 1. The number of nitrogens with two attached hydrogens (primary N) is 1. The van der Waals surface area contributed by atoms with Crippen molar-refractivity contribution in [1.82, 2.24) is 5.32 Å². The lowest BCUT2D eigenvalue weighted by Crippen LogP contribution is -2.34. The predicted molar refractivity (Wildman–Crippen MR) is 91.3 cm³/mol. The Morgan fingerprint density at radius 3 is 3.00 bits per heavy atom. The molecule has 0 aromatic heterocycles. The molecule has 0 radical (unpaired) electrons. The Balaban J connectivity index is 1.95. The van der Waals surface area contributed by atoms with E-state index in [1.54, 1.807) is 0 Å². The van der Waals surface area contributed by atoms with Gasteiger partial charge in [0.2, 0.25) is 5.91 Å². The minimum Gasteiger partial charge on any atom is -0.397 e. The van der Waals surface area contributed by atoms with Gasteiger partial charge in [-0.05, 0) is 62.4 Å². The summed E-state index contributed by atoms with van der Waals surface area (Å²) in [6.07, 6.45) is 2.95. The van der Waals surface area contributed by atoms with Crippen molar-refractivity contribution < 1.29 is 4.79 Å². The van der Waals surface area contributed by atoms with Gasteiger partial charge in [0.1, 0.15) is 0 Å². The van der Waals surface area contributed by atoms with Crippen LogP contribution in [0.4, 0.5) is 11.4 Å². The maximum absolute atomic E-state index is 12.2. The summed E-state index contributed by atoms with van der Waals surface area (Å²) in [5.74, 6) is 1.01. The zero-order valence-electron chi connectivity index (χ0n) is 12.7. The van der Waals surface area contributed by atoms with E-state index in [-0.39, 0.29) is 5.91 Å². The quantitative estimate of drug-likeness (QED) is 0.727. The SMILES string of the molecule is Cc1cc(Br)cc(NC(=O)CC(C)C2CCCNC2)c1N. The molecule has 0 bridgehead atoms. The molecule has 4 nitrogen and oxygen atoms in total. The highest BCUT2D eigenvalue weighted by atomic mass is 79.9. The highest BCUT2D eigenvalue weighted by Crippen LogP contribution is 2.28. The first kappa shape index (κ1) is 16.3. The molecule has 2 unspecified atom stereocenters. The van der Waals surface area contributed by atoms with Gasteiger partial charge < -0.3 is 16.4 Å². The van der Waals surface area contributed by atoms with Crippen LogP contribution in [0, 0.1) is 18.8 Å². The maximum atomic E-state index is 12.2. The highest BCUT2D eigenvalue weighted by molar-refractivity contribution is 9.10. The van der Waals surface area contributed by atoms with Gasteiger partial charge in [-0.2, -0.15) is 0 Å². The van der Waals surface area contributed by atoms with Gasteiger partial charge >= 0.3 is 0 Å². The summed E-state index contributed by atoms with van der Waals surface area (Å²) in [5.41, 5.74) is 8.32. The van der Waals surface area contributed by atoms with E-state index in [0.29, 0.717) is 29.6 Å². The summed E-state index contributed by atoms with van der Waals surface area (Å²) in [7, 11) is 0. The summed E-state index contributed by atoms with van der Waals surface area (Å²) in [6, 6.07) is 3.80. The molecule has 1 aliphatic heterocycles. The molecule has 5 heteroatoms. The lowest BCUT2D eigenvalue weighted by molar-refractivity contribution is -0.117. The number of hydrogen-bond acceptors (Lipinski definition) is 3. The van der Waals surface area contributed by atoms with E-state index < -0.39 is 0 Å². The monoisotopic (exact) mass is 353 g/mol. The highest BCUT2D eigenvalue weighted by Gasteiger charge is 2.22. The van der Waals surface area contributed by atoms with Gasteiger partial charge in [0.25, 0.3) is 0 Å². The van der Waals surface area contributed by atoms with Crippen LogP contribution < -0.4 is 16.4 Å². The second-order valence-corrected chi connectivity index (χ2v) is 6.94. The van der Waals surface area contributed by atoms with E-state index in [0.717, 1.165) is 23.1 Å². The molecule has 0 saturated carbocycles. The van der Waals surface area contributed by atoms with Crippen LogP contribution in [0.3, 0.4) is 0 Å². The maximum Gasteiger partial charge on any atom is 0.224 e. The Bertz CT molecular complexity index is 512. The fourth-order valence-electron chi connectivity index (χ4n) is 2.88. The number of carbonyl (C=O) groups is 1. The molecule has 1 heterocycles. The van der Waals surface area contributed by atoms with Crippen molar-refractivity contribution in [3.05, 3.63) is 22.2 Å². The molecule has 1 fully saturated rings. The Labute approximate surface area is 135 Å². The van der Waals surface area contributed by atoms with Crippen LogP contribution in [-0.4, -0.2) is 19.0 Å². The van der Waals surface area contributed by atoms with E-state index >= 15 is 0 Å². The number of halogens is 1. The van der Waals surface area contributed by atoms with Crippen LogP contribution in [0.15, 0.2) is 16.6 Å². The fraction of sp³-hybridized carbons (Fsp3) is 0.562. The second-order valence-electron chi connectivity index (χ2n) is 6.02. The van der Waals surface area contributed by atoms with Crippen LogP contribution in [0.5, 0.6) is 0 Å². The van der Waals surface area contributed by atoms with Crippen LogP contribution in [0.1, 0.15) is 31.7 Å². The van der Waals surface area contributed by atoms with Crippen molar-refractivity contribution in [3.8, 4) is 0 Å². The van der Waals surface area contributed by atoms with Gasteiger partial charge in [-0.15, -0.1) is 0 Å². The van der Waals surface area contributed by atoms with E-state index in [1.165, 1.54) is 12.8 Å². The Kier molecular flexibility index (Phi) is 5.65. The number of benzene rings is 1. The topological polar surface area (TPSA) is 67.2 Å². The summed E-state index contributed by atoms with van der Waals surface area (Å²) < 4.78 is 0.925. The minimum absolute atomic E-state index is 0.0391. The van der Waals surface area contributed by atoms with Crippen molar-refractivity contribution in [2.75, 3.05) is 24.1 Å². The lowest BCUT2D eigenvalue weighted by Gasteiger charge is -2.28. The molecular formula is C16H24BrN3O. The van der Waals surface area contributed by atoms with E-state index in [1.807, 2.05) is 19.1 Å². The number of rotatable bonds is 4. The number of nitrogen functional groups attached to an aromatic ring is 1. The van der Waals surface area contributed by atoms with Gasteiger partial charge in [0, 0.05) is 10.9 Å². The van der Waals surface area contributed by atoms with Crippen LogP contribution in [-0.2, 0) is 4.79 Å². The first-order valence-electron chi connectivity index (χ1n) is 7.53. The molecule has 1 aliphatic rings. The molecular weight excluding hydrogens is 330 g/mol. The molecule has 1 aromatic rings. The van der Waals surface area contributed by atoms with Gasteiger partial charge in [-0.1, -0.05) is 22.9 Å². The largest absolute Gasteiger partial charge is 0.397 e. The molecule has 2 rings (SSSR count).